The van der Waals surface area contributed by atoms with E-state index in [0.717, 1.165) is 17.5 Å². The minimum atomic E-state index is -0.0541. The van der Waals surface area contributed by atoms with Crippen LogP contribution in [0.3, 0.4) is 0 Å². The fraction of sp³-hybridized carbons (Fsp3) is 0.429. The van der Waals surface area contributed by atoms with Gasteiger partial charge < -0.3 is 10.3 Å². The Balaban J connectivity index is 2.38. The molecule has 0 aliphatic heterocycles. The van der Waals surface area contributed by atoms with Crippen LogP contribution in [0, 0.1) is 5.41 Å². The second-order valence-corrected chi connectivity index (χ2v) is 5.36. The third-order valence-electron chi connectivity index (χ3n) is 3.32. The second-order valence-electron chi connectivity index (χ2n) is 5.36. The van der Waals surface area contributed by atoms with Crippen molar-refractivity contribution in [3.8, 4) is 0 Å². The first-order valence-corrected chi connectivity index (χ1v) is 6.18. The average molecular weight is 245 g/mol. The lowest BCUT2D eigenvalue weighted by Crippen LogP contribution is -2.28. The molecule has 18 heavy (non-hydrogen) atoms. The van der Waals surface area contributed by atoms with E-state index in [2.05, 4.69) is 18.8 Å². The standard InChI is InChI=1S/C14H19N3O/c1-14(2,10-15)7-8-17-12-6-4-3-5-11(12)16-9-13(17)18/h3-6,9H,7-8,10,15H2,1-2H3. The molecule has 2 N–H and O–H groups in total. The second kappa shape index (κ2) is 4.90. The number of aryl methyl sites for hydroxylation is 1. The van der Waals surface area contributed by atoms with E-state index in [1.165, 1.54) is 6.20 Å². The highest BCUT2D eigenvalue weighted by Crippen LogP contribution is 2.19. The number of para-hydroxylation sites is 2. The predicted molar refractivity (Wildman–Crippen MR) is 73.5 cm³/mol. The quantitative estimate of drug-likeness (QED) is 0.893. The van der Waals surface area contributed by atoms with E-state index in [9.17, 15) is 4.79 Å². The topological polar surface area (TPSA) is 60.9 Å². The minimum absolute atomic E-state index is 0.0455. The molecule has 96 valence electrons. The lowest BCUT2D eigenvalue weighted by Gasteiger charge is -2.23. The van der Waals surface area contributed by atoms with Crippen molar-refractivity contribution in [2.75, 3.05) is 6.54 Å². The molecule has 4 nitrogen and oxygen atoms in total. The maximum absolute atomic E-state index is 11.9. The highest BCUT2D eigenvalue weighted by Gasteiger charge is 2.16. The minimum Gasteiger partial charge on any atom is -0.330 e. The number of hydrogen-bond acceptors (Lipinski definition) is 3. The van der Waals surface area contributed by atoms with Gasteiger partial charge in [0.05, 0.1) is 17.2 Å². The van der Waals surface area contributed by atoms with Gasteiger partial charge in [-0.1, -0.05) is 26.0 Å². The van der Waals surface area contributed by atoms with Crippen molar-refractivity contribution >= 4 is 11.0 Å². The zero-order valence-electron chi connectivity index (χ0n) is 10.9. The summed E-state index contributed by atoms with van der Waals surface area (Å²) in [7, 11) is 0. The van der Waals surface area contributed by atoms with E-state index in [4.69, 9.17) is 5.73 Å². The fourth-order valence-corrected chi connectivity index (χ4v) is 1.86. The Morgan fingerprint density at radius 3 is 2.78 bits per heavy atom. The van der Waals surface area contributed by atoms with Gasteiger partial charge in [-0.15, -0.1) is 0 Å². The smallest absolute Gasteiger partial charge is 0.269 e. The molecular weight excluding hydrogens is 226 g/mol. The number of nitrogens with two attached hydrogens (primary N) is 1. The van der Waals surface area contributed by atoms with Crippen LogP contribution in [0.5, 0.6) is 0 Å². The maximum Gasteiger partial charge on any atom is 0.269 e. The molecule has 1 aromatic heterocycles. The molecule has 0 fully saturated rings. The summed E-state index contributed by atoms with van der Waals surface area (Å²) in [6, 6.07) is 7.69. The van der Waals surface area contributed by atoms with Gasteiger partial charge in [0.2, 0.25) is 0 Å². The van der Waals surface area contributed by atoms with Crippen LogP contribution in [0.25, 0.3) is 11.0 Å². The molecule has 0 atom stereocenters. The molecule has 0 aliphatic rings. The van der Waals surface area contributed by atoms with E-state index in [-0.39, 0.29) is 11.0 Å². The van der Waals surface area contributed by atoms with Gasteiger partial charge in [-0.3, -0.25) is 4.79 Å². The van der Waals surface area contributed by atoms with Gasteiger partial charge in [-0.2, -0.15) is 0 Å². The molecule has 0 saturated carbocycles. The van der Waals surface area contributed by atoms with Crippen LogP contribution in [0.15, 0.2) is 35.3 Å². The fourth-order valence-electron chi connectivity index (χ4n) is 1.86. The van der Waals surface area contributed by atoms with E-state index in [1.807, 2.05) is 24.3 Å². The van der Waals surface area contributed by atoms with E-state index in [0.29, 0.717) is 13.1 Å². The number of rotatable bonds is 4. The summed E-state index contributed by atoms with van der Waals surface area (Å²) < 4.78 is 1.78. The first-order chi connectivity index (χ1) is 8.53. The van der Waals surface area contributed by atoms with Crippen molar-refractivity contribution in [1.82, 2.24) is 9.55 Å². The molecular formula is C14H19N3O. The number of aromatic nitrogens is 2. The molecule has 1 heterocycles. The van der Waals surface area contributed by atoms with Crippen LogP contribution in [-0.2, 0) is 6.54 Å². The van der Waals surface area contributed by atoms with Crippen molar-refractivity contribution in [3.05, 3.63) is 40.8 Å². The van der Waals surface area contributed by atoms with Gasteiger partial charge in [0.25, 0.3) is 5.56 Å². The molecule has 2 rings (SSSR count). The highest BCUT2D eigenvalue weighted by molar-refractivity contribution is 5.74. The van der Waals surface area contributed by atoms with Crippen LogP contribution >= 0.6 is 0 Å². The summed E-state index contributed by atoms with van der Waals surface area (Å²) in [6.45, 7) is 5.51. The SMILES string of the molecule is CC(C)(CN)CCn1c(=O)cnc2ccccc21. The lowest BCUT2D eigenvalue weighted by molar-refractivity contribution is 0.324. The monoisotopic (exact) mass is 245 g/mol. The zero-order chi connectivity index (χ0) is 13.2. The van der Waals surface area contributed by atoms with Crippen LogP contribution in [0.4, 0.5) is 0 Å². The molecule has 0 unspecified atom stereocenters. The molecule has 0 saturated heterocycles. The van der Waals surface area contributed by atoms with Crippen molar-refractivity contribution in [3.63, 3.8) is 0 Å². The molecule has 1 aromatic carbocycles. The first-order valence-electron chi connectivity index (χ1n) is 6.18. The van der Waals surface area contributed by atoms with E-state index >= 15 is 0 Å². The summed E-state index contributed by atoms with van der Waals surface area (Å²) in [6.07, 6.45) is 2.26. The Morgan fingerprint density at radius 2 is 2.06 bits per heavy atom. The van der Waals surface area contributed by atoms with Gasteiger partial charge in [-0.25, -0.2) is 4.98 Å². The maximum atomic E-state index is 11.9. The van der Waals surface area contributed by atoms with Crippen LogP contribution in [-0.4, -0.2) is 16.1 Å². The van der Waals surface area contributed by atoms with Crippen molar-refractivity contribution in [2.24, 2.45) is 11.1 Å². The largest absolute Gasteiger partial charge is 0.330 e. The lowest BCUT2D eigenvalue weighted by atomic mass is 9.89. The van der Waals surface area contributed by atoms with Gasteiger partial charge in [0.15, 0.2) is 0 Å². The molecule has 0 radical (unpaired) electrons. The number of fused-ring (bicyclic) bond motifs is 1. The summed E-state index contributed by atoms with van der Waals surface area (Å²) in [5.74, 6) is 0. The highest BCUT2D eigenvalue weighted by atomic mass is 16.1. The van der Waals surface area contributed by atoms with Gasteiger partial charge >= 0.3 is 0 Å². The zero-order valence-corrected chi connectivity index (χ0v) is 10.9. The third-order valence-corrected chi connectivity index (χ3v) is 3.32. The molecule has 0 spiro atoms. The summed E-state index contributed by atoms with van der Waals surface area (Å²) in [5, 5.41) is 0. The molecule has 2 aromatic rings. The Hall–Kier alpha value is -1.68. The third kappa shape index (κ3) is 2.59. The first kappa shape index (κ1) is 12.8. The van der Waals surface area contributed by atoms with Gasteiger partial charge in [-0.05, 0) is 30.5 Å². The van der Waals surface area contributed by atoms with Crippen LogP contribution in [0.2, 0.25) is 0 Å². The van der Waals surface area contributed by atoms with Crippen molar-refractivity contribution in [2.45, 2.75) is 26.8 Å². The molecule has 0 bridgehead atoms. The summed E-state index contributed by atoms with van der Waals surface area (Å²) >= 11 is 0. The molecule has 0 amide bonds. The Labute approximate surface area is 106 Å². The van der Waals surface area contributed by atoms with Crippen LogP contribution < -0.4 is 11.3 Å². The number of hydrogen-bond donors (Lipinski definition) is 1. The Morgan fingerprint density at radius 1 is 1.33 bits per heavy atom. The van der Waals surface area contributed by atoms with Crippen LogP contribution in [0.1, 0.15) is 20.3 Å². The predicted octanol–water partition coefficient (Wildman–Crippen LogP) is 1.77. The van der Waals surface area contributed by atoms with E-state index < -0.39 is 0 Å². The van der Waals surface area contributed by atoms with Crippen molar-refractivity contribution < 1.29 is 0 Å². The number of nitrogens with zero attached hydrogens (tertiary/aromatic N) is 2. The Kier molecular flexibility index (Phi) is 3.48. The Bertz CT molecular complexity index is 601. The summed E-state index contributed by atoms with van der Waals surface area (Å²) in [5.41, 5.74) is 7.45. The normalized spacial score (nSPS) is 11.9. The van der Waals surface area contributed by atoms with Gasteiger partial charge in [0, 0.05) is 6.54 Å². The van der Waals surface area contributed by atoms with Gasteiger partial charge in [0.1, 0.15) is 0 Å². The van der Waals surface area contributed by atoms with E-state index in [1.54, 1.807) is 4.57 Å². The van der Waals surface area contributed by atoms with Crippen molar-refractivity contribution in [1.29, 1.82) is 0 Å². The average Bonchev–Trinajstić information content (AvgIpc) is 2.37. The number of benzene rings is 1. The summed E-state index contributed by atoms with van der Waals surface area (Å²) in [4.78, 5) is 16.1. The molecule has 4 heteroatoms. The molecule has 0 aliphatic carbocycles.